The van der Waals surface area contributed by atoms with E-state index in [-0.39, 0.29) is 25.7 Å². The SMILES string of the molecule is CCOCC1OC2OC3C(OCCCC(C4CCCCCCCCCCCCCCCCCOC5OC(CO)C(O)C(O)C5OC5OC(CO)C(O4)C(O)C5O)CCCCCCCCCCCCCCOC1C(O)C2O)OC(CO)C(O)C3C. The highest BCUT2D eigenvalue weighted by Crippen LogP contribution is 2.37. The van der Waals surface area contributed by atoms with Crippen molar-refractivity contribution >= 4 is 0 Å². The van der Waals surface area contributed by atoms with Crippen molar-refractivity contribution in [1.82, 2.24) is 0 Å². The molecule has 0 aliphatic carbocycles. The van der Waals surface area contributed by atoms with Gasteiger partial charge in [-0.3, -0.25) is 0 Å². The standard InChI is InChI=1S/C63H116O21/c1-3-74-41-48-57-52(70)54(72)61(82-48)83-56-42(2)49(67)45(38-64)79-62(56)77-37-31-33-43(32-27-23-19-15-11-8-10-13-17-21-25-29-35-75-57)44-34-28-24-20-16-12-7-5-4-6-9-14-18-22-26-30-36-76-63-59(51(69)50(68)46(39-65)80-63)84-60-55(73)53(71)58(78-44)47(40-66)81-60/h42-73H,3-41H2,1-2H3. The van der Waals surface area contributed by atoms with E-state index in [2.05, 4.69) is 0 Å². The van der Waals surface area contributed by atoms with Crippen LogP contribution in [0.5, 0.6) is 0 Å². The molecular formula is C63H116O21. The molecule has 0 aromatic heterocycles. The van der Waals surface area contributed by atoms with Crippen molar-refractivity contribution in [3.63, 3.8) is 0 Å². The first-order valence-electron chi connectivity index (χ1n) is 33.5. The summed E-state index contributed by atoms with van der Waals surface area (Å²) >= 11 is 0. The van der Waals surface area contributed by atoms with Gasteiger partial charge in [0, 0.05) is 32.3 Å². The van der Waals surface area contributed by atoms with Crippen LogP contribution in [0.2, 0.25) is 0 Å². The molecule has 494 valence electrons. The monoisotopic (exact) mass is 1210 g/mol. The Balaban J connectivity index is 1.22. The molecule has 21 nitrogen and oxygen atoms in total. The van der Waals surface area contributed by atoms with Crippen LogP contribution in [-0.2, 0) is 52.1 Å². The predicted octanol–water partition coefficient (Wildman–Crippen LogP) is 5.74. The first-order valence-corrected chi connectivity index (χ1v) is 33.5. The van der Waals surface area contributed by atoms with Crippen LogP contribution < -0.4 is 0 Å². The molecule has 8 saturated heterocycles. The summed E-state index contributed by atoms with van der Waals surface area (Å²) < 4.78 is 69.0. The van der Waals surface area contributed by atoms with Crippen LogP contribution in [0.3, 0.4) is 0 Å². The minimum Gasteiger partial charge on any atom is -0.394 e. The quantitative estimate of drug-likeness (QED) is 0.145. The van der Waals surface area contributed by atoms with E-state index in [0.717, 1.165) is 103 Å². The lowest BCUT2D eigenvalue weighted by Crippen LogP contribution is -2.65. The van der Waals surface area contributed by atoms with Gasteiger partial charge in [-0.25, -0.2) is 0 Å². The van der Waals surface area contributed by atoms with Gasteiger partial charge in [0.2, 0.25) is 0 Å². The largest absolute Gasteiger partial charge is 0.394 e. The topological polar surface area (TPSA) is 304 Å². The second-order valence-electron chi connectivity index (χ2n) is 25.1. The molecule has 8 fully saturated rings. The first-order chi connectivity index (χ1) is 40.9. The van der Waals surface area contributed by atoms with Crippen molar-refractivity contribution in [2.75, 3.05) is 52.9 Å². The van der Waals surface area contributed by atoms with Crippen molar-refractivity contribution in [2.45, 2.75) is 336 Å². The van der Waals surface area contributed by atoms with Crippen molar-refractivity contribution in [3.8, 4) is 0 Å². The molecule has 4 bridgehead atoms. The molecule has 21 heteroatoms. The van der Waals surface area contributed by atoms with Crippen molar-refractivity contribution in [2.24, 2.45) is 11.8 Å². The Hall–Kier alpha value is -0.840. The lowest BCUT2D eigenvalue weighted by Gasteiger charge is -2.47. The van der Waals surface area contributed by atoms with Gasteiger partial charge in [0.05, 0.1) is 38.6 Å². The van der Waals surface area contributed by atoms with Gasteiger partial charge in [-0.2, -0.15) is 0 Å². The minimum atomic E-state index is -1.72. The molecular weight excluding hydrogens is 1090 g/mol. The summed E-state index contributed by atoms with van der Waals surface area (Å²) in [6.07, 6.45) is 6.85. The van der Waals surface area contributed by atoms with Crippen LogP contribution in [0.15, 0.2) is 0 Å². The third-order valence-electron chi connectivity index (χ3n) is 18.6. The van der Waals surface area contributed by atoms with E-state index < -0.39 is 149 Å². The van der Waals surface area contributed by atoms with Gasteiger partial charge in [-0.05, 0) is 51.4 Å². The summed E-state index contributed by atoms with van der Waals surface area (Å²) in [5, 5.41) is 112. The molecule has 8 heterocycles. The normalized spacial score (nSPS) is 42.1. The lowest BCUT2D eigenvalue weighted by atomic mass is 9.87. The average Bonchev–Trinajstić information content (AvgIpc) is 2.99. The van der Waals surface area contributed by atoms with E-state index in [0.29, 0.717) is 38.9 Å². The number of aliphatic hydroxyl groups is 10. The number of fused-ring (bicyclic) bond motifs is 43. The molecule has 0 aromatic rings. The molecule has 0 aromatic carbocycles. The molecule has 0 radical (unpaired) electrons. The van der Waals surface area contributed by atoms with Gasteiger partial charge in [0.25, 0.3) is 0 Å². The van der Waals surface area contributed by atoms with Crippen LogP contribution >= 0.6 is 0 Å². The van der Waals surface area contributed by atoms with Gasteiger partial charge in [0.15, 0.2) is 25.2 Å². The van der Waals surface area contributed by atoms with Gasteiger partial charge in [0.1, 0.15) is 85.5 Å². The zero-order chi connectivity index (χ0) is 60.1. The number of aliphatic hydroxyl groups excluding tert-OH is 10. The van der Waals surface area contributed by atoms with Crippen molar-refractivity contribution in [1.29, 1.82) is 0 Å². The van der Waals surface area contributed by atoms with E-state index in [1.165, 1.54) is 70.6 Å². The second kappa shape index (κ2) is 40.8. The fraction of sp³-hybridized carbons (Fsp3) is 1.00. The lowest BCUT2D eigenvalue weighted by molar-refractivity contribution is -0.371. The van der Waals surface area contributed by atoms with E-state index in [4.69, 9.17) is 52.1 Å². The molecule has 8 rings (SSSR count). The van der Waals surface area contributed by atoms with Gasteiger partial charge in [-0.1, -0.05) is 167 Å². The molecule has 8 aliphatic heterocycles. The third kappa shape index (κ3) is 22.8. The third-order valence-corrected chi connectivity index (χ3v) is 18.6. The van der Waals surface area contributed by atoms with Gasteiger partial charge in [-0.15, -0.1) is 0 Å². The molecule has 84 heavy (non-hydrogen) atoms. The Morgan fingerprint density at radius 3 is 1.21 bits per heavy atom. The Morgan fingerprint density at radius 2 is 0.702 bits per heavy atom. The molecule has 8 aliphatic rings. The smallest absolute Gasteiger partial charge is 0.187 e. The summed E-state index contributed by atoms with van der Waals surface area (Å²) in [4.78, 5) is 0. The Morgan fingerprint density at radius 1 is 0.321 bits per heavy atom. The molecule has 0 saturated carbocycles. The van der Waals surface area contributed by atoms with Gasteiger partial charge < -0.3 is 103 Å². The number of ether oxygens (including phenoxy) is 11. The van der Waals surface area contributed by atoms with Crippen LogP contribution in [0.1, 0.15) is 213 Å². The predicted molar refractivity (Wildman–Crippen MR) is 310 cm³/mol. The Kier molecular flexibility index (Phi) is 35.1. The Bertz CT molecular complexity index is 1660. The van der Waals surface area contributed by atoms with E-state index in [9.17, 15) is 51.1 Å². The zero-order valence-electron chi connectivity index (χ0n) is 51.2. The molecule has 0 amide bonds. The van der Waals surface area contributed by atoms with Crippen LogP contribution in [0, 0.1) is 11.8 Å². The molecule has 22 atom stereocenters. The molecule has 0 spiro atoms. The van der Waals surface area contributed by atoms with Crippen LogP contribution in [-0.4, -0.2) is 227 Å². The molecule has 22 unspecified atom stereocenters. The van der Waals surface area contributed by atoms with Crippen LogP contribution in [0.25, 0.3) is 0 Å². The van der Waals surface area contributed by atoms with Crippen LogP contribution in [0.4, 0.5) is 0 Å². The van der Waals surface area contributed by atoms with E-state index in [1.54, 1.807) is 6.92 Å². The fourth-order valence-electron chi connectivity index (χ4n) is 13.3. The highest BCUT2D eigenvalue weighted by Gasteiger charge is 2.54. The molecule has 10 N–H and O–H groups in total. The van der Waals surface area contributed by atoms with E-state index >= 15 is 0 Å². The maximum Gasteiger partial charge on any atom is 0.187 e. The summed E-state index contributed by atoms with van der Waals surface area (Å²) in [6, 6.07) is 0. The number of hydrogen-bond donors (Lipinski definition) is 10. The number of rotatable bonds is 7. The van der Waals surface area contributed by atoms with Crippen molar-refractivity contribution in [3.05, 3.63) is 0 Å². The first kappa shape index (κ1) is 72.2. The summed E-state index contributed by atoms with van der Waals surface area (Å²) in [7, 11) is 0. The van der Waals surface area contributed by atoms with Gasteiger partial charge >= 0.3 is 0 Å². The highest BCUT2D eigenvalue weighted by atomic mass is 16.8. The fourth-order valence-corrected chi connectivity index (χ4v) is 13.3. The maximum absolute atomic E-state index is 12.1. The zero-order valence-corrected chi connectivity index (χ0v) is 51.2. The minimum absolute atomic E-state index is 0.0756. The summed E-state index contributed by atoms with van der Waals surface area (Å²) in [5.74, 6) is -0.744. The Labute approximate surface area is 502 Å². The second-order valence-corrected chi connectivity index (χ2v) is 25.1. The summed E-state index contributed by atoms with van der Waals surface area (Å²) in [6.45, 7) is 3.21. The van der Waals surface area contributed by atoms with E-state index in [1.807, 2.05) is 6.92 Å². The summed E-state index contributed by atoms with van der Waals surface area (Å²) in [5.41, 5.74) is 0. The average molecular weight is 1210 g/mol. The maximum atomic E-state index is 12.1. The number of hydrogen-bond acceptors (Lipinski definition) is 21. The highest BCUT2D eigenvalue weighted by molar-refractivity contribution is 4.96. The van der Waals surface area contributed by atoms with Crippen molar-refractivity contribution < 1.29 is 103 Å².